The summed E-state index contributed by atoms with van der Waals surface area (Å²) in [6.45, 7) is 2.16. The third-order valence-corrected chi connectivity index (χ3v) is 6.36. The molecule has 2 atom stereocenters. The van der Waals surface area contributed by atoms with Gasteiger partial charge in [0.25, 0.3) is 5.89 Å². The normalized spacial score (nSPS) is 22.1. The molecule has 0 bridgehead atoms. The van der Waals surface area contributed by atoms with Gasteiger partial charge in [-0.15, -0.1) is 11.8 Å². The molecule has 2 heterocycles. The molecule has 1 fully saturated rings. The van der Waals surface area contributed by atoms with Gasteiger partial charge in [-0.1, -0.05) is 24.2 Å². The molecule has 0 amide bonds. The minimum Gasteiger partial charge on any atom is -0.478 e. The van der Waals surface area contributed by atoms with E-state index in [4.69, 9.17) is 4.52 Å². The molecule has 3 rings (SSSR count). The van der Waals surface area contributed by atoms with E-state index < -0.39 is 5.97 Å². The molecule has 7 heteroatoms. The Labute approximate surface area is 130 Å². The Balaban J connectivity index is 1.93. The molecule has 2 aromatic rings. The summed E-state index contributed by atoms with van der Waals surface area (Å²) in [6.07, 6.45) is 0. The van der Waals surface area contributed by atoms with Crippen LogP contribution >= 0.6 is 23.5 Å². The van der Waals surface area contributed by atoms with Crippen LogP contribution in [0.2, 0.25) is 0 Å². The highest BCUT2D eigenvalue weighted by Gasteiger charge is 2.29. The second-order valence-corrected chi connectivity index (χ2v) is 7.41. The lowest BCUT2D eigenvalue weighted by Crippen LogP contribution is -2.16. The molecule has 0 radical (unpaired) electrons. The van der Waals surface area contributed by atoms with Gasteiger partial charge < -0.3 is 9.63 Å². The van der Waals surface area contributed by atoms with E-state index in [2.05, 4.69) is 17.1 Å². The molecular formula is C14H14N2O3S2. The molecule has 1 aliphatic rings. The molecule has 1 saturated heterocycles. The molecule has 5 nitrogen and oxygen atoms in total. The van der Waals surface area contributed by atoms with Gasteiger partial charge in [-0.3, -0.25) is 0 Å². The van der Waals surface area contributed by atoms with E-state index in [9.17, 15) is 9.90 Å². The zero-order chi connectivity index (χ0) is 14.8. The number of benzene rings is 1. The number of aromatic carboxylic acids is 1. The number of hydrogen-bond acceptors (Lipinski definition) is 6. The second-order valence-electron chi connectivity index (χ2n) is 4.68. The number of nitrogens with zero attached hydrogens (tertiary/aromatic N) is 2. The maximum absolute atomic E-state index is 11.3. The van der Waals surface area contributed by atoms with Crippen LogP contribution in [0, 0.1) is 0 Å². The summed E-state index contributed by atoms with van der Waals surface area (Å²) < 4.78 is 5.30. The van der Waals surface area contributed by atoms with Gasteiger partial charge in [-0.25, -0.2) is 4.79 Å². The number of carboxylic acids is 1. The summed E-state index contributed by atoms with van der Waals surface area (Å²) >= 11 is 3.72. The first-order valence-corrected chi connectivity index (χ1v) is 8.66. The number of thioether (sulfide) groups is 2. The van der Waals surface area contributed by atoms with Crippen LogP contribution in [0.4, 0.5) is 0 Å². The Morgan fingerprint density at radius 3 is 2.86 bits per heavy atom. The fourth-order valence-electron chi connectivity index (χ4n) is 2.23. The van der Waals surface area contributed by atoms with Crippen molar-refractivity contribution in [2.75, 3.05) is 11.5 Å². The number of rotatable bonds is 3. The van der Waals surface area contributed by atoms with Crippen LogP contribution in [0.25, 0.3) is 11.5 Å². The highest BCUT2D eigenvalue weighted by molar-refractivity contribution is 8.06. The van der Waals surface area contributed by atoms with Crippen LogP contribution in [0.1, 0.15) is 28.4 Å². The Kier molecular flexibility index (Phi) is 4.21. The lowest BCUT2D eigenvalue weighted by molar-refractivity contribution is 0.0697. The van der Waals surface area contributed by atoms with Gasteiger partial charge in [0.15, 0.2) is 5.82 Å². The third-order valence-electron chi connectivity index (χ3n) is 3.27. The lowest BCUT2D eigenvalue weighted by atomic mass is 10.1. The van der Waals surface area contributed by atoms with E-state index in [1.54, 1.807) is 18.2 Å². The summed E-state index contributed by atoms with van der Waals surface area (Å²) in [5.74, 6) is 2.12. The maximum Gasteiger partial charge on any atom is 0.336 e. The van der Waals surface area contributed by atoms with Crippen molar-refractivity contribution in [1.82, 2.24) is 10.1 Å². The molecule has 1 aromatic carbocycles. The summed E-state index contributed by atoms with van der Waals surface area (Å²) in [4.78, 5) is 15.7. The summed E-state index contributed by atoms with van der Waals surface area (Å²) in [5.41, 5.74) is 0.635. The second kappa shape index (κ2) is 6.11. The molecule has 0 saturated carbocycles. The van der Waals surface area contributed by atoms with E-state index in [0.717, 1.165) is 11.5 Å². The van der Waals surface area contributed by atoms with Crippen LogP contribution in [-0.4, -0.2) is 38.0 Å². The Hall–Kier alpha value is -1.47. The Morgan fingerprint density at radius 2 is 2.10 bits per heavy atom. The Morgan fingerprint density at radius 1 is 1.33 bits per heavy atom. The van der Waals surface area contributed by atoms with Crippen molar-refractivity contribution >= 4 is 29.5 Å². The van der Waals surface area contributed by atoms with Crippen molar-refractivity contribution in [2.24, 2.45) is 0 Å². The van der Waals surface area contributed by atoms with Crippen molar-refractivity contribution in [2.45, 2.75) is 17.4 Å². The highest BCUT2D eigenvalue weighted by Crippen LogP contribution is 2.41. The van der Waals surface area contributed by atoms with Crippen LogP contribution < -0.4 is 0 Å². The van der Waals surface area contributed by atoms with Crippen molar-refractivity contribution in [3.05, 3.63) is 35.7 Å². The van der Waals surface area contributed by atoms with Crippen LogP contribution in [-0.2, 0) is 0 Å². The topological polar surface area (TPSA) is 76.2 Å². The number of hydrogen-bond donors (Lipinski definition) is 1. The zero-order valence-electron chi connectivity index (χ0n) is 11.4. The molecule has 110 valence electrons. The van der Waals surface area contributed by atoms with Crippen molar-refractivity contribution in [1.29, 1.82) is 0 Å². The first kappa shape index (κ1) is 14.5. The van der Waals surface area contributed by atoms with Gasteiger partial charge in [0, 0.05) is 16.8 Å². The number of aromatic nitrogens is 2. The number of carboxylic acid groups (broad SMARTS) is 1. The van der Waals surface area contributed by atoms with Gasteiger partial charge in [-0.05, 0) is 12.1 Å². The molecule has 0 aliphatic carbocycles. The van der Waals surface area contributed by atoms with Crippen LogP contribution in [0.5, 0.6) is 0 Å². The monoisotopic (exact) mass is 322 g/mol. The van der Waals surface area contributed by atoms with E-state index in [-0.39, 0.29) is 16.7 Å². The van der Waals surface area contributed by atoms with Crippen molar-refractivity contribution < 1.29 is 14.4 Å². The zero-order valence-corrected chi connectivity index (χ0v) is 13.0. The van der Waals surface area contributed by atoms with E-state index >= 15 is 0 Å². The van der Waals surface area contributed by atoms with Gasteiger partial charge in [0.1, 0.15) is 0 Å². The largest absolute Gasteiger partial charge is 0.478 e. The van der Waals surface area contributed by atoms with E-state index in [1.807, 2.05) is 23.5 Å². The molecule has 1 aromatic heterocycles. The summed E-state index contributed by atoms with van der Waals surface area (Å²) in [7, 11) is 0. The predicted octanol–water partition coefficient (Wildman–Crippen LogP) is 3.34. The average Bonchev–Trinajstić information content (AvgIpc) is 2.97. The summed E-state index contributed by atoms with van der Waals surface area (Å²) in [6, 6.07) is 6.67. The van der Waals surface area contributed by atoms with E-state index in [1.165, 1.54) is 6.07 Å². The fraction of sp³-hybridized carbons (Fsp3) is 0.357. The van der Waals surface area contributed by atoms with Crippen LogP contribution in [0.15, 0.2) is 28.8 Å². The predicted molar refractivity (Wildman–Crippen MR) is 83.8 cm³/mol. The SMILES string of the molecule is CC1SCCSC1c1noc(-c2ccccc2C(=O)O)n1. The smallest absolute Gasteiger partial charge is 0.336 e. The van der Waals surface area contributed by atoms with Gasteiger partial charge >= 0.3 is 5.97 Å². The first-order chi connectivity index (χ1) is 10.2. The van der Waals surface area contributed by atoms with Crippen LogP contribution in [0.3, 0.4) is 0 Å². The average molecular weight is 322 g/mol. The quantitative estimate of drug-likeness (QED) is 0.928. The van der Waals surface area contributed by atoms with E-state index in [0.29, 0.717) is 16.6 Å². The molecule has 21 heavy (non-hydrogen) atoms. The molecule has 1 N–H and O–H groups in total. The Bertz CT molecular complexity index is 659. The third kappa shape index (κ3) is 2.94. The highest BCUT2D eigenvalue weighted by atomic mass is 32.2. The van der Waals surface area contributed by atoms with Crippen molar-refractivity contribution in [3.8, 4) is 11.5 Å². The van der Waals surface area contributed by atoms with Gasteiger partial charge in [0.05, 0.1) is 16.4 Å². The standard InChI is InChI=1S/C14H14N2O3S2/c1-8-11(21-7-6-20-8)12-15-13(19-16-12)9-4-2-3-5-10(9)14(17)18/h2-5,8,11H,6-7H2,1H3,(H,17,18). The fourth-order valence-corrected chi connectivity index (χ4v) is 4.91. The molecular weight excluding hydrogens is 308 g/mol. The minimum absolute atomic E-state index is 0.173. The lowest BCUT2D eigenvalue weighted by Gasteiger charge is -2.24. The number of carbonyl (C=O) groups is 1. The molecule has 2 unspecified atom stereocenters. The molecule has 0 spiro atoms. The van der Waals surface area contributed by atoms with Gasteiger partial charge in [-0.2, -0.15) is 16.7 Å². The first-order valence-electron chi connectivity index (χ1n) is 6.56. The maximum atomic E-state index is 11.3. The molecule has 1 aliphatic heterocycles. The van der Waals surface area contributed by atoms with Gasteiger partial charge in [0.2, 0.25) is 0 Å². The van der Waals surface area contributed by atoms with Crippen molar-refractivity contribution in [3.63, 3.8) is 0 Å². The minimum atomic E-state index is -0.999. The summed E-state index contributed by atoms with van der Waals surface area (Å²) in [5, 5.41) is 13.9.